The van der Waals surface area contributed by atoms with E-state index in [1.54, 1.807) is 0 Å². The molecule has 16 heavy (non-hydrogen) atoms. The molecule has 0 aromatic heterocycles. The van der Waals surface area contributed by atoms with Crippen molar-refractivity contribution in [1.29, 1.82) is 5.26 Å². The minimum absolute atomic E-state index is 0.366. The highest BCUT2D eigenvalue weighted by molar-refractivity contribution is 5.68. The molecule has 0 N–H and O–H groups in total. The van der Waals surface area contributed by atoms with Crippen molar-refractivity contribution in [3.05, 3.63) is 35.9 Å². The second kappa shape index (κ2) is 3.34. The van der Waals surface area contributed by atoms with Crippen LogP contribution in [-0.4, -0.2) is 11.6 Å². The van der Waals surface area contributed by atoms with Crippen LogP contribution < -0.4 is 0 Å². The molecule has 0 amide bonds. The van der Waals surface area contributed by atoms with E-state index in [9.17, 15) is 10.1 Å². The molecule has 3 heteroatoms. The predicted octanol–water partition coefficient (Wildman–Crippen LogP) is 2.17. The highest BCUT2D eigenvalue weighted by Gasteiger charge is 2.69. The molecule has 1 aromatic rings. The van der Waals surface area contributed by atoms with Gasteiger partial charge in [-0.15, -0.1) is 0 Å². The maximum Gasteiger partial charge on any atom is 0.304 e. The molecule has 3 nitrogen and oxygen atoms in total. The number of benzene rings is 1. The lowest BCUT2D eigenvalue weighted by atomic mass is 9.94. The Morgan fingerprint density at radius 2 is 2.06 bits per heavy atom. The van der Waals surface area contributed by atoms with Crippen LogP contribution in [-0.2, 0) is 14.9 Å². The number of nitriles is 1. The maximum absolute atomic E-state index is 11.0. The normalized spacial score (nSPS) is 31.6. The number of esters is 1. The first-order valence-electron chi connectivity index (χ1n) is 5.20. The number of ether oxygens (including phenoxy) is 1. The summed E-state index contributed by atoms with van der Waals surface area (Å²) in [5.41, 5.74) is -0.299. The zero-order valence-electron chi connectivity index (χ0n) is 9.36. The molecule has 1 aliphatic rings. The van der Waals surface area contributed by atoms with Crippen molar-refractivity contribution in [2.24, 2.45) is 0 Å². The Bertz CT molecular complexity index is 463. The fourth-order valence-corrected chi connectivity index (χ4v) is 2.17. The highest BCUT2D eigenvalue weighted by Crippen LogP contribution is 2.59. The van der Waals surface area contributed by atoms with E-state index >= 15 is 0 Å². The monoisotopic (exact) mass is 215 g/mol. The molecule has 0 radical (unpaired) electrons. The van der Waals surface area contributed by atoms with Gasteiger partial charge in [-0.1, -0.05) is 37.3 Å². The SMILES string of the molecule is CC(=O)O[C@]1(C#N)C[C@@]1(C)c1ccccc1. The first-order valence-corrected chi connectivity index (χ1v) is 5.20. The van der Waals surface area contributed by atoms with Crippen LogP contribution in [0.2, 0.25) is 0 Å². The van der Waals surface area contributed by atoms with Crippen molar-refractivity contribution in [2.45, 2.75) is 31.3 Å². The number of carbonyl (C=O) groups excluding carboxylic acids is 1. The first kappa shape index (κ1) is 10.7. The van der Waals surface area contributed by atoms with Crippen LogP contribution in [0.4, 0.5) is 0 Å². The average Bonchev–Trinajstić information content (AvgIpc) is 2.86. The van der Waals surface area contributed by atoms with E-state index in [1.807, 2.05) is 37.3 Å². The van der Waals surface area contributed by atoms with Gasteiger partial charge in [0.25, 0.3) is 0 Å². The van der Waals surface area contributed by atoms with Crippen LogP contribution >= 0.6 is 0 Å². The number of hydrogen-bond donors (Lipinski definition) is 0. The minimum Gasteiger partial charge on any atom is -0.443 e. The van der Waals surface area contributed by atoms with Crippen LogP contribution in [0, 0.1) is 11.3 Å². The molecule has 1 saturated carbocycles. The van der Waals surface area contributed by atoms with Crippen molar-refractivity contribution in [3.8, 4) is 6.07 Å². The summed E-state index contributed by atoms with van der Waals surface area (Å²) >= 11 is 0. The molecule has 0 spiro atoms. The molecule has 2 rings (SSSR count). The van der Waals surface area contributed by atoms with Gasteiger partial charge in [-0.2, -0.15) is 5.26 Å². The summed E-state index contributed by atoms with van der Waals surface area (Å²) in [6, 6.07) is 11.8. The third-order valence-electron chi connectivity index (χ3n) is 3.28. The van der Waals surface area contributed by atoms with E-state index in [0.29, 0.717) is 6.42 Å². The molecular formula is C13H13NO2. The van der Waals surface area contributed by atoms with E-state index in [-0.39, 0.29) is 5.41 Å². The van der Waals surface area contributed by atoms with Crippen LogP contribution in [0.1, 0.15) is 25.8 Å². The zero-order valence-corrected chi connectivity index (χ0v) is 9.36. The van der Waals surface area contributed by atoms with E-state index in [0.717, 1.165) is 5.56 Å². The van der Waals surface area contributed by atoms with Gasteiger partial charge >= 0.3 is 5.97 Å². The standard InChI is InChI=1S/C13H13NO2/c1-10(15)16-13(9-14)8-12(13,2)11-6-4-3-5-7-11/h3-7H,8H2,1-2H3/t12-,13-/m0/s1. The van der Waals surface area contributed by atoms with Gasteiger partial charge in [0.1, 0.15) is 6.07 Å². The molecule has 1 aromatic carbocycles. The van der Waals surface area contributed by atoms with Gasteiger partial charge in [0, 0.05) is 13.3 Å². The van der Waals surface area contributed by atoms with Crippen LogP contribution in [0.15, 0.2) is 30.3 Å². The molecule has 0 unspecified atom stereocenters. The lowest BCUT2D eigenvalue weighted by Crippen LogP contribution is -2.25. The Labute approximate surface area is 94.6 Å². The van der Waals surface area contributed by atoms with Crippen molar-refractivity contribution in [2.75, 3.05) is 0 Å². The minimum atomic E-state index is -0.972. The summed E-state index contributed by atoms with van der Waals surface area (Å²) in [5.74, 6) is -0.402. The quantitative estimate of drug-likeness (QED) is 0.710. The lowest BCUT2D eigenvalue weighted by molar-refractivity contribution is -0.146. The third kappa shape index (κ3) is 1.38. The summed E-state index contributed by atoms with van der Waals surface area (Å²) in [7, 11) is 0. The molecule has 0 saturated heterocycles. The third-order valence-corrected chi connectivity index (χ3v) is 3.28. The molecule has 1 fully saturated rings. The second-order valence-electron chi connectivity index (χ2n) is 4.41. The van der Waals surface area contributed by atoms with Crippen LogP contribution in [0.3, 0.4) is 0 Å². The zero-order chi connectivity index (χ0) is 11.8. The van der Waals surface area contributed by atoms with Crippen molar-refractivity contribution in [1.82, 2.24) is 0 Å². The molecular weight excluding hydrogens is 202 g/mol. The summed E-state index contributed by atoms with van der Waals surface area (Å²) in [4.78, 5) is 11.0. The Balaban J connectivity index is 2.32. The summed E-state index contributed by atoms with van der Waals surface area (Å²) < 4.78 is 5.17. The average molecular weight is 215 g/mol. The topological polar surface area (TPSA) is 50.1 Å². The van der Waals surface area contributed by atoms with Gasteiger partial charge in [-0.25, -0.2) is 0 Å². The van der Waals surface area contributed by atoms with Gasteiger partial charge < -0.3 is 4.74 Å². The van der Waals surface area contributed by atoms with Crippen molar-refractivity contribution in [3.63, 3.8) is 0 Å². The maximum atomic E-state index is 11.0. The summed E-state index contributed by atoms with van der Waals surface area (Å²) in [5, 5.41) is 9.18. The molecule has 1 aliphatic carbocycles. The van der Waals surface area contributed by atoms with Gasteiger partial charge in [0.15, 0.2) is 0 Å². The Hall–Kier alpha value is -1.82. The first-order chi connectivity index (χ1) is 7.54. The van der Waals surface area contributed by atoms with E-state index in [4.69, 9.17) is 4.74 Å². The molecule has 0 heterocycles. The van der Waals surface area contributed by atoms with Gasteiger partial charge in [-0.05, 0) is 5.56 Å². The number of rotatable bonds is 2. The fourth-order valence-electron chi connectivity index (χ4n) is 2.17. The van der Waals surface area contributed by atoms with Crippen LogP contribution in [0.25, 0.3) is 0 Å². The number of hydrogen-bond acceptors (Lipinski definition) is 3. The van der Waals surface area contributed by atoms with Gasteiger partial charge in [-0.3, -0.25) is 4.79 Å². The van der Waals surface area contributed by atoms with Gasteiger partial charge in [0.2, 0.25) is 5.60 Å². The molecule has 2 atom stereocenters. The summed E-state index contributed by atoms with van der Waals surface area (Å²) in [6.45, 7) is 3.29. The van der Waals surface area contributed by atoms with Gasteiger partial charge in [0.05, 0.1) is 5.41 Å². The molecule has 0 aliphatic heterocycles. The summed E-state index contributed by atoms with van der Waals surface area (Å²) in [6.07, 6.45) is 0.570. The Kier molecular flexibility index (Phi) is 2.23. The largest absolute Gasteiger partial charge is 0.443 e. The lowest BCUT2D eigenvalue weighted by Gasteiger charge is -2.16. The Morgan fingerprint density at radius 3 is 2.56 bits per heavy atom. The Morgan fingerprint density at radius 1 is 1.44 bits per heavy atom. The smallest absolute Gasteiger partial charge is 0.304 e. The molecule has 82 valence electrons. The van der Waals surface area contributed by atoms with E-state index in [1.165, 1.54) is 6.92 Å². The number of nitrogens with zero attached hydrogens (tertiary/aromatic N) is 1. The van der Waals surface area contributed by atoms with E-state index in [2.05, 4.69) is 6.07 Å². The van der Waals surface area contributed by atoms with E-state index < -0.39 is 11.6 Å². The van der Waals surface area contributed by atoms with Crippen molar-refractivity contribution >= 4 is 5.97 Å². The predicted molar refractivity (Wildman–Crippen MR) is 58.5 cm³/mol. The number of carbonyl (C=O) groups is 1. The van der Waals surface area contributed by atoms with Crippen LogP contribution in [0.5, 0.6) is 0 Å². The molecule has 0 bridgehead atoms. The second-order valence-corrected chi connectivity index (χ2v) is 4.41. The van der Waals surface area contributed by atoms with Crippen molar-refractivity contribution < 1.29 is 9.53 Å². The highest BCUT2D eigenvalue weighted by atomic mass is 16.6. The fraction of sp³-hybridized carbons (Fsp3) is 0.385.